The van der Waals surface area contributed by atoms with Crippen LogP contribution in [-0.4, -0.2) is 49.0 Å². The molecule has 1 aliphatic heterocycles. The fourth-order valence-corrected chi connectivity index (χ4v) is 4.82. The third kappa shape index (κ3) is 5.20. The van der Waals surface area contributed by atoms with Crippen LogP contribution in [0.15, 0.2) is 40.9 Å². The summed E-state index contributed by atoms with van der Waals surface area (Å²) in [7, 11) is 0. The highest BCUT2D eigenvalue weighted by molar-refractivity contribution is 6.29. The van der Waals surface area contributed by atoms with Crippen LogP contribution in [0.25, 0.3) is 22.9 Å². The minimum Gasteiger partial charge on any atom is -0.416 e. The number of aryl methyl sites for hydroxylation is 2. The zero-order valence-electron chi connectivity index (χ0n) is 20.2. The van der Waals surface area contributed by atoms with E-state index in [4.69, 9.17) is 21.0 Å². The third-order valence-electron chi connectivity index (χ3n) is 6.47. The first-order valence-corrected chi connectivity index (χ1v) is 12.2. The van der Waals surface area contributed by atoms with E-state index in [-0.39, 0.29) is 23.8 Å². The van der Waals surface area contributed by atoms with Crippen LogP contribution in [0, 0.1) is 25.5 Å². The summed E-state index contributed by atoms with van der Waals surface area (Å²) in [5.74, 6) is -0.522. The lowest BCUT2D eigenvalue weighted by Crippen LogP contribution is -2.39. The molecule has 3 aromatic heterocycles. The van der Waals surface area contributed by atoms with Gasteiger partial charge in [-0.05, 0) is 51.0 Å². The number of carbonyl (C=O) groups excluding carboxylic acids is 1. The van der Waals surface area contributed by atoms with Gasteiger partial charge in [0.05, 0.1) is 23.4 Å². The standard InChI is InChI=1S/C26H23ClF2N6O2/c1-14-23(26-34-33-25(37-26)17-6-9-30-21(27)12-17)24(32-15(2)31-14)16-7-10-35(11-8-16)22(36)13-18-19(28)4-3-5-20(18)29/h3-6,9,12,16H,7-8,10-11,13H2,1-2H3. The Hall–Kier alpha value is -3.79. The maximum atomic E-state index is 14.0. The smallest absolute Gasteiger partial charge is 0.251 e. The average molecular weight is 525 g/mol. The first-order chi connectivity index (χ1) is 17.8. The van der Waals surface area contributed by atoms with Gasteiger partial charge in [0, 0.05) is 36.3 Å². The van der Waals surface area contributed by atoms with Gasteiger partial charge in [0.25, 0.3) is 5.89 Å². The predicted octanol–water partition coefficient (Wildman–Crippen LogP) is 5.09. The van der Waals surface area contributed by atoms with Crippen LogP contribution in [0.2, 0.25) is 5.15 Å². The molecule has 0 spiro atoms. The van der Waals surface area contributed by atoms with E-state index in [0.29, 0.717) is 65.5 Å². The van der Waals surface area contributed by atoms with Crippen LogP contribution in [0.1, 0.15) is 41.5 Å². The summed E-state index contributed by atoms with van der Waals surface area (Å²) in [6.07, 6.45) is 2.48. The van der Waals surface area contributed by atoms with E-state index in [0.717, 1.165) is 17.8 Å². The molecule has 5 rings (SSSR count). The Morgan fingerprint density at radius 2 is 1.78 bits per heavy atom. The van der Waals surface area contributed by atoms with E-state index in [9.17, 15) is 13.6 Å². The van der Waals surface area contributed by atoms with E-state index >= 15 is 0 Å². The number of benzene rings is 1. The molecular formula is C26H23ClF2N6O2. The maximum Gasteiger partial charge on any atom is 0.251 e. The van der Waals surface area contributed by atoms with Crippen molar-refractivity contribution in [3.8, 4) is 22.9 Å². The summed E-state index contributed by atoms with van der Waals surface area (Å²) in [5.41, 5.74) is 2.59. The summed E-state index contributed by atoms with van der Waals surface area (Å²) in [6.45, 7) is 4.56. The van der Waals surface area contributed by atoms with Crippen LogP contribution in [-0.2, 0) is 11.2 Å². The molecule has 1 aliphatic rings. The summed E-state index contributed by atoms with van der Waals surface area (Å²) in [6, 6.07) is 6.96. The van der Waals surface area contributed by atoms with Gasteiger partial charge in [0.1, 0.15) is 22.6 Å². The molecule has 37 heavy (non-hydrogen) atoms. The van der Waals surface area contributed by atoms with Gasteiger partial charge >= 0.3 is 0 Å². The second-order valence-electron chi connectivity index (χ2n) is 8.93. The second kappa shape index (κ2) is 10.3. The van der Waals surface area contributed by atoms with Crippen molar-refractivity contribution in [1.82, 2.24) is 30.0 Å². The number of rotatable bonds is 5. The molecule has 190 valence electrons. The third-order valence-corrected chi connectivity index (χ3v) is 6.67. The van der Waals surface area contributed by atoms with E-state index < -0.39 is 11.6 Å². The second-order valence-corrected chi connectivity index (χ2v) is 9.32. The summed E-state index contributed by atoms with van der Waals surface area (Å²) < 4.78 is 34.0. The molecule has 11 heteroatoms. The fourth-order valence-electron chi connectivity index (χ4n) is 4.64. The van der Waals surface area contributed by atoms with Crippen molar-refractivity contribution in [2.75, 3.05) is 13.1 Å². The van der Waals surface area contributed by atoms with Gasteiger partial charge in [0.2, 0.25) is 11.8 Å². The number of nitrogens with zero attached hydrogens (tertiary/aromatic N) is 6. The van der Waals surface area contributed by atoms with Crippen LogP contribution in [0.4, 0.5) is 8.78 Å². The topological polar surface area (TPSA) is 97.9 Å². The van der Waals surface area contributed by atoms with Gasteiger partial charge in [0.15, 0.2) is 0 Å². The van der Waals surface area contributed by atoms with Crippen molar-refractivity contribution in [2.24, 2.45) is 0 Å². The average Bonchev–Trinajstić information content (AvgIpc) is 3.36. The van der Waals surface area contributed by atoms with E-state index in [1.165, 1.54) is 6.07 Å². The lowest BCUT2D eigenvalue weighted by molar-refractivity contribution is -0.131. The Balaban J connectivity index is 1.36. The molecule has 4 heterocycles. The van der Waals surface area contributed by atoms with Gasteiger partial charge in [-0.1, -0.05) is 17.7 Å². The number of hydrogen-bond acceptors (Lipinski definition) is 7. The SMILES string of the molecule is Cc1nc(C)c(-c2nnc(-c3ccnc(Cl)c3)o2)c(C2CCN(C(=O)Cc3c(F)cccc3F)CC2)n1. The van der Waals surface area contributed by atoms with Crippen LogP contribution >= 0.6 is 11.6 Å². The molecule has 0 atom stereocenters. The Bertz CT molecular complexity index is 1450. The minimum atomic E-state index is -0.715. The summed E-state index contributed by atoms with van der Waals surface area (Å²) >= 11 is 6.00. The van der Waals surface area contributed by atoms with Crippen molar-refractivity contribution < 1.29 is 18.0 Å². The van der Waals surface area contributed by atoms with Crippen molar-refractivity contribution in [1.29, 1.82) is 0 Å². The predicted molar refractivity (Wildman–Crippen MR) is 132 cm³/mol. The Labute approximate surface area is 216 Å². The van der Waals surface area contributed by atoms with Crippen LogP contribution in [0.3, 0.4) is 0 Å². The van der Waals surface area contributed by atoms with Gasteiger partial charge in [-0.3, -0.25) is 4.79 Å². The highest BCUT2D eigenvalue weighted by Crippen LogP contribution is 2.36. The molecule has 0 aliphatic carbocycles. The molecule has 0 bridgehead atoms. The van der Waals surface area contributed by atoms with E-state index in [1.54, 1.807) is 23.2 Å². The number of pyridine rings is 1. The first-order valence-electron chi connectivity index (χ1n) is 11.8. The largest absolute Gasteiger partial charge is 0.416 e. The Morgan fingerprint density at radius 3 is 2.49 bits per heavy atom. The molecule has 0 unspecified atom stereocenters. The zero-order chi connectivity index (χ0) is 26.1. The van der Waals surface area contributed by atoms with Gasteiger partial charge < -0.3 is 9.32 Å². The molecule has 1 saturated heterocycles. The molecule has 4 aromatic rings. The highest BCUT2D eigenvalue weighted by Gasteiger charge is 2.30. The number of hydrogen-bond donors (Lipinski definition) is 0. The van der Waals surface area contributed by atoms with Crippen molar-refractivity contribution in [3.63, 3.8) is 0 Å². The molecule has 8 nitrogen and oxygen atoms in total. The Morgan fingerprint density at radius 1 is 1.08 bits per heavy atom. The van der Waals surface area contributed by atoms with Crippen molar-refractivity contribution >= 4 is 17.5 Å². The van der Waals surface area contributed by atoms with Gasteiger partial charge in [-0.15, -0.1) is 10.2 Å². The summed E-state index contributed by atoms with van der Waals surface area (Å²) in [4.78, 5) is 27.6. The van der Waals surface area contributed by atoms with Crippen molar-refractivity contribution in [2.45, 2.75) is 39.0 Å². The fraction of sp³-hybridized carbons (Fsp3) is 0.308. The lowest BCUT2D eigenvalue weighted by Gasteiger charge is -2.32. The molecule has 0 radical (unpaired) electrons. The highest BCUT2D eigenvalue weighted by atomic mass is 35.5. The Kier molecular flexibility index (Phi) is 6.92. The molecule has 1 fully saturated rings. The van der Waals surface area contributed by atoms with Crippen molar-refractivity contribution in [3.05, 3.63) is 76.1 Å². The van der Waals surface area contributed by atoms with E-state index in [1.807, 2.05) is 13.8 Å². The van der Waals surface area contributed by atoms with Gasteiger partial charge in [-0.2, -0.15) is 0 Å². The zero-order valence-corrected chi connectivity index (χ0v) is 21.0. The quantitative estimate of drug-likeness (QED) is 0.335. The number of halogens is 3. The van der Waals surface area contributed by atoms with Gasteiger partial charge in [-0.25, -0.2) is 23.7 Å². The molecule has 1 aromatic carbocycles. The number of piperidine rings is 1. The van der Waals surface area contributed by atoms with E-state index in [2.05, 4.69) is 20.2 Å². The van der Waals surface area contributed by atoms with Crippen LogP contribution in [0.5, 0.6) is 0 Å². The lowest BCUT2D eigenvalue weighted by atomic mass is 9.89. The first kappa shape index (κ1) is 24.9. The normalized spacial score (nSPS) is 14.2. The number of likely N-dealkylation sites (tertiary alicyclic amines) is 1. The molecule has 1 amide bonds. The minimum absolute atomic E-state index is 0.00960. The number of amides is 1. The number of carbonyl (C=O) groups is 1. The van der Waals surface area contributed by atoms with Crippen LogP contribution < -0.4 is 0 Å². The molecule has 0 N–H and O–H groups in total. The maximum absolute atomic E-state index is 14.0. The molecule has 0 saturated carbocycles. The summed E-state index contributed by atoms with van der Waals surface area (Å²) in [5, 5.41) is 8.73. The monoisotopic (exact) mass is 524 g/mol. The number of aromatic nitrogens is 5. The molecular weight excluding hydrogens is 502 g/mol.